The van der Waals surface area contributed by atoms with Gasteiger partial charge >= 0.3 is 0 Å². The van der Waals surface area contributed by atoms with Gasteiger partial charge in [0.2, 0.25) is 0 Å². The third-order valence-electron chi connectivity index (χ3n) is 2.58. The molecule has 0 fully saturated rings. The van der Waals surface area contributed by atoms with Crippen molar-refractivity contribution in [3.05, 3.63) is 0 Å². The van der Waals surface area contributed by atoms with E-state index < -0.39 is 0 Å². The topological polar surface area (TPSA) is 43.2 Å². The van der Waals surface area contributed by atoms with Gasteiger partial charge in [0.15, 0.2) is 11.8 Å². The van der Waals surface area contributed by atoms with E-state index in [1.807, 2.05) is 0 Å². The number of aliphatic imine (C=N–C) groups is 2. The first-order chi connectivity index (χ1) is 7.36. The number of ether oxygens (including phenoxy) is 2. The second kappa shape index (κ2) is 5.14. The lowest BCUT2D eigenvalue weighted by Crippen LogP contribution is -2.25. The summed E-state index contributed by atoms with van der Waals surface area (Å²) in [6.45, 7) is 5.52. The van der Waals surface area contributed by atoms with Gasteiger partial charge in [-0.05, 0) is 0 Å². The molecule has 2 aliphatic heterocycles. The summed E-state index contributed by atoms with van der Waals surface area (Å²) in [5.41, 5.74) is 0. The minimum absolute atomic E-state index is 0.294. The number of hydrogen-bond acceptors (Lipinski definition) is 4. The summed E-state index contributed by atoms with van der Waals surface area (Å²) >= 11 is 0. The maximum Gasteiger partial charge on any atom is 0.186 e. The van der Waals surface area contributed by atoms with Crippen molar-refractivity contribution < 1.29 is 9.47 Å². The van der Waals surface area contributed by atoms with Crippen molar-refractivity contribution >= 4 is 11.8 Å². The first kappa shape index (κ1) is 10.5. The Kier molecular flexibility index (Phi) is 3.59. The molecule has 0 aromatic carbocycles. The van der Waals surface area contributed by atoms with Crippen molar-refractivity contribution in [2.24, 2.45) is 15.9 Å². The first-order valence-corrected chi connectivity index (χ1v) is 5.69. The summed E-state index contributed by atoms with van der Waals surface area (Å²) in [6, 6.07) is 0. The first-order valence-electron chi connectivity index (χ1n) is 5.69. The molecular weight excluding hydrogens is 192 g/mol. The molecule has 0 radical (unpaired) electrons. The van der Waals surface area contributed by atoms with Crippen LogP contribution in [0.3, 0.4) is 0 Å². The molecule has 0 N–H and O–H groups in total. The molecule has 0 aromatic rings. The average Bonchev–Trinajstić information content (AvgIpc) is 2.31. The van der Waals surface area contributed by atoms with E-state index >= 15 is 0 Å². The van der Waals surface area contributed by atoms with E-state index in [0.29, 0.717) is 5.92 Å². The molecule has 2 rings (SSSR count). The van der Waals surface area contributed by atoms with Crippen molar-refractivity contribution in [1.29, 1.82) is 0 Å². The van der Waals surface area contributed by atoms with Gasteiger partial charge in [0, 0.05) is 38.3 Å². The monoisotopic (exact) mass is 210 g/mol. The standard InChI is InChI=1S/C11H18N2O2/c1-9(11-13-5-3-7-15-11)8-10-12-4-2-6-14-10/h9H,2-8H2,1H3. The van der Waals surface area contributed by atoms with Crippen LogP contribution in [0.1, 0.15) is 26.2 Å². The quantitative estimate of drug-likeness (QED) is 0.711. The van der Waals surface area contributed by atoms with Crippen molar-refractivity contribution in [1.82, 2.24) is 0 Å². The Labute approximate surface area is 90.4 Å². The lowest BCUT2D eigenvalue weighted by molar-refractivity contribution is 0.250. The van der Waals surface area contributed by atoms with E-state index in [0.717, 1.165) is 57.4 Å². The van der Waals surface area contributed by atoms with Crippen molar-refractivity contribution in [3.8, 4) is 0 Å². The zero-order valence-corrected chi connectivity index (χ0v) is 9.24. The summed E-state index contributed by atoms with van der Waals surface area (Å²) in [6.07, 6.45) is 2.89. The molecular formula is C11H18N2O2. The molecule has 15 heavy (non-hydrogen) atoms. The summed E-state index contributed by atoms with van der Waals surface area (Å²) in [5, 5.41) is 0. The van der Waals surface area contributed by atoms with E-state index in [9.17, 15) is 0 Å². The fourth-order valence-corrected chi connectivity index (χ4v) is 1.75. The minimum atomic E-state index is 0.294. The molecule has 4 nitrogen and oxygen atoms in total. The van der Waals surface area contributed by atoms with Crippen LogP contribution in [0.4, 0.5) is 0 Å². The van der Waals surface area contributed by atoms with Crippen LogP contribution in [0.25, 0.3) is 0 Å². The highest BCUT2D eigenvalue weighted by Gasteiger charge is 2.18. The van der Waals surface area contributed by atoms with E-state index in [2.05, 4.69) is 16.9 Å². The maximum absolute atomic E-state index is 5.52. The van der Waals surface area contributed by atoms with Gasteiger partial charge in [-0.1, -0.05) is 6.92 Å². The van der Waals surface area contributed by atoms with Crippen LogP contribution in [0, 0.1) is 5.92 Å². The van der Waals surface area contributed by atoms with Gasteiger partial charge in [-0.25, -0.2) is 0 Å². The van der Waals surface area contributed by atoms with Gasteiger partial charge in [0.05, 0.1) is 13.2 Å². The summed E-state index contributed by atoms with van der Waals surface area (Å²) in [7, 11) is 0. The zero-order chi connectivity index (χ0) is 10.5. The van der Waals surface area contributed by atoms with E-state index in [1.165, 1.54) is 0 Å². The average molecular weight is 210 g/mol. The molecule has 0 spiro atoms. The molecule has 1 atom stereocenters. The Bertz CT molecular complexity index is 274. The number of hydrogen-bond donors (Lipinski definition) is 0. The maximum atomic E-state index is 5.52. The molecule has 0 saturated heterocycles. The Morgan fingerprint density at radius 3 is 2.47 bits per heavy atom. The summed E-state index contributed by atoms with van der Waals surface area (Å²) in [4.78, 5) is 8.73. The van der Waals surface area contributed by atoms with Crippen LogP contribution >= 0.6 is 0 Å². The van der Waals surface area contributed by atoms with Gasteiger partial charge in [-0.2, -0.15) is 0 Å². The zero-order valence-electron chi connectivity index (χ0n) is 9.24. The highest BCUT2D eigenvalue weighted by Crippen LogP contribution is 2.13. The van der Waals surface area contributed by atoms with Crippen molar-refractivity contribution in [3.63, 3.8) is 0 Å². The third kappa shape index (κ3) is 2.94. The summed E-state index contributed by atoms with van der Waals surface area (Å²) < 4.78 is 11.0. The second-order valence-electron chi connectivity index (χ2n) is 4.00. The minimum Gasteiger partial charge on any atom is -0.481 e. The Balaban J connectivity index is 1.87. The molecule has 2 aliphatic rings. The predicted octanol–water partition coefficient (Wildman–Crippen LogP) is 1.65. The molecule has 0 saturated carbocycles. The molecule has 1 unspecified atom stereocenters. The van der Waals surface area contributed by atoms with Gasteiger partial charge in [0.25, 0.3) is 0 Å². The molecule has 0 aliphatic carbocycles. The van der Waals surface area contributed by atoms with Gasteiger partial charge < -0.3 is 9.47 Å². The number of nitrogens with zero attached hydrogens (tertiary/aromatic N) is 2. The fraction of sp³-hybridized carbons (Fsp3) is 0.818. The molecule has 4 heteroatoms. The number of rotatable bonds is 3. The van der Waals surface area contributed by atoms with E-state index in [-0.39, 0.29) is 0 Å². The smallest absolute Gasteiger partial charge is 0.186 e. The van der Waals surface area contributed by atoms with Crippen molar-refractivity contribution in [2.75, 3.05) is 26.3 Å². The Hall–Kier alpha value is -1.06. The third-order valence-corrected chi connectivity index (χ3v) is 2.58. The highest BCUT2D eigenvalue weighted by atomic mass is 16.5. The van der Waals surface area contributed by atoms with Gasteiger partial charge in [-0.3, -0.25) is 9.98 Å². The van der Waals surface area contributed by atoms with Crippen LogP contribution in [0.15, 0.2) is 9.98 Å². The molecule has 2 heterocycles. The van der Waals surface area contributed by atoms with Gasteiger partial charge in [0.1, 0.15) is 0 Å². The van der Waals surface area contributed by atoms with Crippen LogP contribution in [0.5, 0.6) is 0 Å². The largest absolute Gasteiger partial charge is 0.481 e. The van der Waals surface area contributed by atoms with Crippen LogP contribution in [-0.4, -0.2) is 38.1 Å². The normalized spacial score (nSPS) is 23.3. The van der Waals surface area contributed by atoms with E-state index in [4.69, 9.17) is 9.47 Å². The van der Waals surface area contributed by atoms with Crippen molar-refractivity contribution in [2.45, 2.75) is 26.2 Å². The predicted molar refractivity (Wildman–Crippen MR) is 59.5 cm³/mol. The Morgan fingerprint density at radius 1 is 1.13 bits per heavy atom. The highest BCUT2D eigenvalue weighted by molar-refractivity contribution is 5.86. The van der Waals surface area contributed by atoms with E-state index in [1.54, 1.807) is 0 Å². The van der Waals surface area contributed by atoms with Crippen LogP contribution in [-0.2, 0) is 9.47 Å². The van der Waals surface area contributed by atoms with Crippen LogP contribution in [0.2, 0.25) is 0 Å². The Morgan fingerprint density at radius 2 is 1.87 bits per heavy atom. The lowest BCUT2D eigenvalue weighted by atomic mass is 10.1. The fourth-order valence-electron chi connectivity index (χ4n) is 1.75. The molecule has 0 amide bonds. The molecule has 84 valence electrons. The second-order valence-corrected chi connectivity index (χ2v) is 4.00. The molecule has 0 bridgehead atoms. The van der Waals surface area contributed by atoms with Gasteiger partial charge in [-0.15, -0.1) is 0 Å². The van der Waals surface area contributed by atoms with Crippen LogP contribution < -0.4 is 0 Å². The SMILES string of the molecule is CC(CC1=NCCCO1)C1=NCCCO1. The summed E-state index contributed by atoms with van der Waals surface area (Å²) in [5.74, 6) is 2.03. The lowest BCUT2D eigenvalue weighted by Gasteiger charge is -2.21. The molecule has 0 aromatic heterocycles.